The number of ether oxygens (including phenoxy) is 1. The molecule has 0 aromatic rings. The molecule has 20 heavy (non-hydrogen) atoms. The predicted octanol–water partition coefficient (Wildman–Crippen LogP) is 3.35. The topological polar surface area (TPSA) is 44.8 Å². The highest BCUT2D eigenvalue weighted by Gasteiger charge is 2.10. The highest BCUT2D eigenvalue weighted by atomic mass is 28.3. The first-order valence-electron chi connectivity index (χ1n) is 7.67. The summed E-state index contributed by atoms with van der Waals surface area (Å²) in [5.41, 5.74) is 0.466. The molecule has 0 aliphatic heterocycles. The molecule has 118 valence electrons. The van der Waals surface area contributed by atoms with Crippen LogP contribution in [0.1, 0.15) is 52.9 Å². The minimum absolute atomic E-state index is 0.285. The third kappa shape index (κ3) is 11.2. The zero-order valence-corrected chi connectivity index (χ0v) is 14.4. The maximum absolute atomic E-state index is 11.1. The minimum Gasteiger partial charge on any atom is -0.462 e. The zero-order valence-electron chi connectivity index (χ0n) is 13.3. The van der Waals surface area contributed by atoms with E-state index in [9.17, 15) is 4.79 Å². The SMILES string of the molecule is C=C(C)C(=O)OCCCCCCC[SiH](OCC)OCC. The molecule has 5 heteroatoms. The molecule has 0 saturated carbocycles. The second-order valence-electron chi connectivity index (χ2n) is 4.81. The van der Waals surface area contributed by atoms with Crippen LogP contribution in [0.15, 0.2) is 12.2 Å². The first kappa shape index (κ1) is 19.3. The molecule has 0 saturated heterocycles. The summed E-state index contributed by atoms with van der Waals surface area (Å²) in [5.74, 6) is -0.285. The van der Waals surface area contributed by atoms with Crippen LogP contribution in [0.5, 0.6) is 0 Å². The normalized spacial score (nSPS) is 10.8. The van der Waals surface area contributed by atoms with Gasteiger partial charge in [-0.05, 0) is 33.2 Å². The zero-order chi connectivity index (χ0) is 15.2. The summed E-state index contributed by atoms with van der Waals surface area (Å²) >= 11 is 0. The van der Waals surface area contributed by atoms with Gasteiger partial charge in [-0.25, -0.2) is 4.79 Å². The molecule has 0 N–H and O–H groups in total. The smallest absolute Gasteiger partial charge is 0.333 e. The van der Waals surface area contributed by atoms with Crippen LogP contribution in [0.2, 0.25) is 6.04 Å². The summed E-state index contributed by atoms with van der Waals surface area (Å²) in [4.78, 5) is 11.1. The maximum atomic E-state index is 11.1. The van der Waals surface area contributed by atoms with Gasteiger partial charge in [0.25, 0.3) is 0 Å². The van der Waals surface area contributed by atoms with Crippen molar-refractivity contribution >= 4 is 15.3 Å². The van der Waals surface area contributed by atoms with Crippen molar-refractivity contribution in [2.75, 3.05) is 19.8 Å². The summed E-state index contributed by atoms with van der Waals surface area (Å²) in [7, 11) is -1.40. The summed E-state index contributed by atoms with van der Waals surface area (Å²) in [6.07, 6.45) is 5.56. The Balaban J connectivity index is 3.39. The van der Waals surface area contributed by atoms with Gasteiger partial charge in [0.1, 0.15) is 0 Å². The van der Waals surface area contributed by atoms with Gasteiger partial charge < -0.3 is 13.6 Å². The van der Waals surface area contributed by atoms with Gasteiger partial charge in [0.2, 0.25) is 0 Å². The molecule has 0 aliphatic rings. The third-order valence-electron chi connectivity index (χ3n) is 2.87. The standard InChI is InChI=1S/C15H30O4Si/c1-5-18-20(19-6-2)13-11-9-7-8-10-12-17-15(16)14(3)4/h20H,3,5-13H2,1-2,4H3. The molecule has 0 bridgehead atoms. The average Bonchev–Trinajstić information content (AvgIpc) is 2.41. The average molecular weight is 302 g/mol. The maximum Gasteiger partial charge on any atom is 0.333 e. The second kappa shape index (κ2) is 13.3. The van der Waals surface area contributed by atoms with E-state index >= 15 is 0 Å². The Kier molecular flexibility index (Phi) is 12.9. The van der Waals surface area contributed by atoms with Crippen molar-refractivity contribution in [3.05, 3.63) is 12.2 Å². The molecule has 0 atom stereocenters. The molecule has 0 radical (unpaired) electrons. The van der Waals surface area contributed by atoms with Gasteiger partial charge in [-0.15, -0.1) is 0 Å². The van der Waals surface area contributed by atoms with E-state index in [0.29, 0.717) is 12.2 Å². The highest BCUT2D eigenvalue weighted by molar-refractivity contribution is 6.44. The van der Waals surface area contributed by atoms with Crippen molar-refractivity contribution in [2.45, 2.75) is 58.9 Å². The molecule has 0 heterocycles. The molecular weight excluding hydrogens is 272 g/mol. The molecule has 0 unspecified atom stereocenters. The molecule has 0 aromatic carbocycles. The number of carbonyl (C=O) groups is 1. The van der Waals surface area contributed by atoms with Crippen LogP contribution in [0, 0.1) is 0 Å². The molecular formula is C15H30O4Si. The van der Waals surface area contributed by atoms with E-state index in [1.807, 2.05) is 13.8 Å². The Bertz CT molecular complexity index is 263. The molecule has 0 fully saturated rings. The summed E-state index contributed by atoms with van der Waals surface area (Å²) in [6.45, 7) is 11.3. The molecule has 4 nitrogen and oxygen atoms in total. The fraction of sp³-hybridized carbons (Fsp3) is 0.800. The van der Waals surface area contributed by atoms with Crippen LogP contribution >= 0.6 is 0 Å². The van der Waals surface area contributed by atoms with Gasteiger partial charge in [0.15, 0.2) is 0 Å². The molecule has 0 aliphatic carbocycles. The quantitative estimate of drug-likeness (QED) is 0.226. The lowest BCUT2D eigenvalue weighted by molar-refractivity contribution is -0.139. The largest absolute Gasteiger partial charge is 0.462 e. The Morgan fingerprint density at radius 2 is 1.55 bits per heavy atom. The molecule has 0 spiro atoms. The third-order valence-corrected chi connectivity index (χ3v) is 5.16. The van der Waals surface area contributed by atoms with Gasteiger partial charge in [0, 0.05) is 18.8 Å². The lowest BCUT2D eigenvalue weighted by Crippen LogP contribution is -2.22. The summed E-state index contributed by atoms with van der Waals surface area (Å²) in [5, 5.41) is 0. The Labute approximate surface area is 125 Å². The van der Waals surface area contributed by atoms with Crippen LogP contribution in [-0.2, 0) is 18.4 Å². The van der Waals surface area contributed by atoms with E-state index in [1.165, 1.54) is 19.3 Å². The van der Waals surface area contributed by atoms with Gasteiger partial charge in [-0.2, -0.15) is 0 Å². The Morgan fingerprint density at radius 1 is 1.00 bits per heavy atom. The number of rotatable bonds is 13. The Hall–Kier alpha value is -0.653. The number of esters is 1. The second-order valence-corrected chi connectivity index (χ2v) is 6.92. The van der Waals surface area contributed by atoms with E-state index in [0.717, 1.165) is 32.1 Å². The van der Waals surface area contributed by atoms with Crippen molar-refractivity contribution in [2.24, 2.45) is 0 Å². The highest BCUT2D eigenvalue weighted by Crippen LogP contribution is 2.10. The van der Waals surface area contributed by atoms with Crippen LogP contribution < -0.4 is 0 Å². The van der Waals surface area contributed by atoms with Crippen molar-refractivity contribution in [1.29, 1.82) is 0 Å². The van der Waals surface area contributed by atoms with E-state index < -0.39 is 9.28 Å². The first-order valence-corrected chi connectivity index (χ1v) is 9.43. The number of carbonyl (C=O) groups excluding carboxylic acids is 1. The van der Waals surface area contributed by atoms with E-state index in [-0.39, 0.29) is 5.97 Å². The Morgan fingerprint density at radius 3 is 2.10 bits per heavy atom. The van der Waals surface area contributed by atoms with E-state index in [2.05, 4.69) is 6.58 Å². The van der Waals surface area contributed by atoms with Crippen molar-refractivity contribution in [3.63, 3.8) is 0 Å². The first-order chi connectivity index (χ1) is 9.61. The number of hydrogen-bond donors (Lipinski definition) is 0. The summed E-state index contributed by atoms with van der Waals surface area (Å²) < 4.78 is 16.3. The fourth-order valence-electron chi connectivity index (χ4n) is 1.82. The molecule has 0 aromatic heterocycles. The van der Waals surface area contributed by atoms with Crippen molar-refractivity contribution < 1.29 is 18.4 Å². The molecule has 0 rings (SSSR count). The fourth-order valence-corrected chi connectivity index (χ4v) is 3.61. The van der Waals surface area contributed by atoms with Gasteiger partial charge in [-0.1, -0.05) is 32.3 Å². The lowest BCUT2D eigenvalue weighted by Gasteiger charge is -2.14. The van der Waals surface area contributed by atoms with Gasteiger partial charge in [0.05, 0.1) is 6.61 Å². The lowest BCUT2D eigenvalue weighted by atomic mass is 10.2. The monoisotopic (exact) mass is 302 g/mol. The van der Waals surface area contributed by atoms with Gasteiger partial charge in [-0.3, -0.25) is 0 Å². The van der Waals surface area contributed by atoms with Crippen LogP contribution in [0.3, 0.4) is 0 Å². The van der Waals surface area contributed by atoms with Crippen LogP contribution in [0.4, 0.5) is 0 Å². The molecule has 0 amide bonds. The van der Waals surface area contributed by atoms with Crippen LogP contribution in [0.25, 0.3) is 0 Å². The minimum atomic E-state index is -1.40. The van der Waals surface area contributed by atoms with Crippen molar-refractivity contribution in [1.82, 2.24) is 0 Å². The number of hydrogen-bond acceptors (Lipinski definition) is 4. The van der Waals surface area contributed by atoms with E-state index in [1.54, 1.807) is 6.92 Å². The summed E-state index contributed by atoms with van der Waals surface area (Å²) in [6, 6.07) is 1.09. The van der Waals surface area contributed by atoms with Crippen LogP contribution in [-0.4, -0.2) is 35.1 Å². The van der Waals surface area contributed by atoms with Crippen molar-refractivity contribution in [3.8, 4) is 0 Å². The predicted molar refractivity (Wildman–Crippen MR) is 84.1 cm³/mol. The number of unbranched alkanes of at least 4 members (excludes halogenated alkanes) is 4. The van der Waals surface area contributed by atoms with E-state index in [4.69, 9.17) is 13.6 Å². The van der Waals surface area contributed by atoms with Gasteiger partial charge >= 0.3 is 15.3 Å².